The first-order valence-electron chi connectivity index (χ1n) is 8.96. The minimum absolute atomic E-state index is 0.0250. The molecule has 3 aromatic rings. The van der Waals surface area contributed by atoms with Crippen LogP contribution in [0, 0.1) is 24.0 Å². The number of nitrogens with zero attached hydrogens (tertiary/aromatic N) is 2. The number of terminal acetylenes is 1. The van der Waals surface area contributed by atoms with Crippen molar-refractivity contribution < 1.29 is 13.6 Å². The SMILES string of the molecule is C#Cc1cnc(C(C)NC(=O)Cc2cc3c(F)cc(F)cc3[nH]c2=O)nc1.CC. The molecule has 0 bridgehead atoms. The monoisotopic (exact) mass is 398 g/mol. The largest absolute Gasteiger partial charge is 0.346 e. The van der Waals surface area contributed by atoms with Gasteiger partial charge in [-0.3, -0.25) is 9.59 Å². The Kier molecular flexibility index (Phi) is 7.15. The van der Waals surface area contributed by atoms with Crippen molar-refractivity contribution >= 4 is 16.8 Å². The van der Waals surface area contributed by atoms with Crippen LogP contribution in [0.25, 0.3) is 10.9 Å². The number of amides is 1. The summed E-state index contributed by atoms with van der Waals surface area (Å²) in [6.45, 7) is 5.68. The lowest BCUT2D eigenvalue weighted by molar-refractivity contribution is -0.121. The maximum Gasteiger partial charge on any atom is 0.252 e. The summed E-state index contributed by atoms with van der Waals surface area (Å²) >= 11 is 0. The Labute approximate surface area is 166 Å². The zero-order valence-corrected chi connectivity index (χ0v) is 16.2. The molecule has 1 unspecified atom stereocenters. The van der Waals surface area contributed by atoms with Gasteiger partial charge in [0.2, 0.25) is 5.91 Å². The standard InChI is InChI=1S/C19H14F2N4O2.C2H6/c1-3-11-8-22-18(23-9-11)10(2)24-17(26)5-12-4-14-15(21)6-13(20)7-16(14)25-19(12)27;1-2/h1,4,6-10H,5H2,2H3,(H,24,26)(H,25,27);1-2H3. The van der Waals surface area contributed by atoms with E-state index in [1.54, 1.807) is 6.92 Å². The van der Waals surface area contributed by atoms with Gasteiger partial charge >= 0.3 is 0 Å². The smallest absolute Gasteiger partial charge is 0.252 e. The van der Waals surface area contributed by atoms with Crippen molar-refractivity contribution in [1.29, 1.82) is 0 Å². The van der Waals surface area contributed by atoms with E-state index in [4.69, 9.17) is 6.42 Å². The van der Waals surface area contributed by atoms with Gasteiger partial charge in [-0.2, -0.15) is 0 Å². The maximum absolute atomic E-state index is 13.9. The van der Waals surface area contributed by atoms with E-state index >= 15 is 0 Å². The number of fused-ring (bicyclic) bond motifs is 1. The number of carbonyl (C=O) groups is 1. The molecule has 3 rings (SSSR count). The molecular weight excluding hydrogens is 378 g/mol. The van der Waals surface area contributed by atoms with Crippen LogP contribution in [0.5, 0.6) is 0 Å². The highest BCUT2D eigenvalue weighted by Gasteiger charge is 2.15. The van der Waals surface area contributed by atoms with E-state index in [1.165, 1.54) is 18.5 Å². The van der Waals surface area contributed by atoms with Crippen LogP contribution >= 0.6 is 0 Å². The third-order valence-corrected chi connectivity index (χ3v) is 3.91. The van der Waals surface area contributed by atoms with E-state index < -0.39 is 29.1 Å². The summed E-state index contributed by atoms with van der Waals surface area (Å²) in [6, 6.07) is 2.45. The second-order valence-electron chi connectivity index (χ2n) is 5.91. The lowest BCUT2D eigenvalue weighted by Gasteiger charge is -2.12. The predicted molar refractivity (Wildman–Crippen MR) is 106 cm³/mol. The summed E-state index contributed by atoms with van der Waals surface area (Å²) in [5, 5.41) is 2.69. The van der Waals surface area contributed by atoms with Gasteiger partial charge in [0.1, 0.15) is 17.5 Å². The van der Waals surface area contributed by atoms with E-state index in [9.17, 15) is 18.4 Å². The van der Waals surface area contributed by atoms with Gasteiger partial charge in [0.05, 0.1) is 23.5 Å². The van der Waals surface area contributed by atoms with Crippen molar-refractivity contribution in [1.82, 2.24) is 20.3 Å². The highest BCUT2D eigenvalue weighted by molar-refractivity contribution is 5.83. The van der Waals surface area contributed by atoms with Gasteiger partial charge in [0, 0.05) is 29.4 Å². The number of aromatic amines is 1. The first-order chi connectivity index (χ1) is 13.9. The lowest BCUT2D eigenvalue weighted by Crippen LogP contribution is -2.31. The Hall–Kier alpha value is -3.60. The van der Waals surface area contributed by atoms with Crippen LogP contribution in [0.1, 0.15) is 43.8 Å². The van der Waals surface area contributed by atoms with E-state index in [1.807, 2.05) is 13.8 Å². The fourth-order valence-corrected chi connectivity index (χ4v) is 2.57. The topological polar surface area (TPSA) is 87.7 Å². The molecular formula is C21H20F2N4O2. The van der Waals surface area contributed by atoms with E-state index in [0.717, 1.165) is 6.07 Å². The fourth-order valence-electron chi connectivity index (χ4n) is 2.57. The van der Waals surface area contributed by atoms with Crippen molar-refractivity contribution in [3.05, 3.63) is 69.5 Å². The first kappa shape index (κ1) is 21.7. The number of hydrogen-bond donors (Lipinski definition) is 2. The molecule has 1 aromatic carbocycles. The average Bonchev–Trinajstić information content (AvgIpc) is 2.70. The van der Waals surface area contributed by atoms with Crippen molar-refractivity contribution in [2.45, 2.75) is 33.2 Å². The number of hydrogen-bond acceptors (Lipinski definition) is 4. The summed E-state index contributed by atoms with van der Waals surface area (Å²) < 4.78 is 27.1. The zero-order valence-electron chi connectivity index (χ0n) is 16.2. The number of aromatic nitrogens is 3. The Morgan fingerprint density at radius 3 is 2.52 bits per heavy atom. The Balaban J connectivity index is 0.00000145. The van der Waals surface area contributed by atoms with Gasteiger partial charge in [-0.15, -0.1) is 6.42 Å². The molecule has 0 aliphatic carbocycles. The molecule has 0 fully saturated rings. The molecule has 2 heterocycles. The van der Waals surface area contributed by atoms with E-state index in [-0.39, 0.29) is 22.9 Å². The second kappa shape index (κ2) is 9.55. The molecule has 0 radical (unpaired) electrons. The Morgan fingerprint density at radius 2 is 1.90 bits per heavy atom. The first-order valence-corrected chi connectivity index (χ1v) is 8.96. The molecule has 0 aliphatic heterocycles. The average molecular weight is 398 g/mol. The molecule has 1 atom stereocenters. The summed E-state index contributed by atoms with van der Waals surface area (Å²) in [5.41, 5.74) is 0.00157. The van der Waals surface area contributed by atoms with Gasteiger partial charge in [-0.25, -0.2) is 18.7 Å². The number of carbonyl (C=O) groups excluding carboxylic acids is 1. The van der Waals surface area contributed by atoms with Crippen molar-refractivity contribution in [3.8, 4) is 12.3 Å². The van der Waals surface area contributed by atoms with E-state index in [2.05, 4.69) is 26.2 Å². The van der Waals surface area contributed by atoms with Crippen molar-refractivity contribution in [2.24, 2.45) is 0 Å². The molecule has 150 valence electrons. The normalized spacial score (nSPS) is 11.2. The maximum atomic E-state index is 13.9. The van der Waals surface area contributed by atoms with Crippen LogP contribution in [0.3, 0.4) is 0 Å². The van der Waals surface area contributed by atoms with Crippen LogP contribution < -0.4 is 10.9 Å². The third kappa shape index (κ3) is 5.23. The fraction of sp³-hybridized carbons (Fsp3) is 0.238. The van der Waals surface area contributed by atoms with Gasteiger partial charge in [0.25, 0.3) is 5.56 Å². The van der Waals surface area contributed by atoms with Crippen LogP contribution in [-0.4, -0.2) is 20.9 Å². The summed E-state index contributed by atoms with van der Waals surface area (Å²) in [5.74, 6) is 0.654. The molecule has 0 saturated heterocycles. The number of pyridine rings is 1. The quantitative estimate of drug-likeness (QED) is 0.662. The molecule has 8 heteroatoms. The van der Waals surface area contributed by atoms with Gasteiger partial charge in [-0.1, -0.05) is 19.8 Å². The summed E-state index contributed by atoms with van der Waals surface area (Å²) in [7, 11) is 0. The molecule has 29 heavy (non-hydrogen) atoms. The molecule has 2 aromatic heterocycles. The number of benzene rings is 1. The Morgan fingerprint density at radius 1 is 1.24 bits per heavy atom. The van der Waals surface area contributed by atoms with Crippen molar-refractivity contribution in [3.63, 3.8) is 0 Å². The van der Waals surface area contributed by atoms with Crippen molar-refractivity contribution in [2.75, 3.05) is 0 Å². The molecule has 0 aliphatic rings. The highest BCUT2D eigenvalue weighted by atomic mass is 19.1. The molecule has 1 amide bonds. The van der Waals surface area contributed by atoms with Crippen LogP contribution in [0.4, 0.5) is 8.78 Å². The minimum Gasteiger partial charge on any atom is -0.346 e. The van der Waals surface area contributed by atoms with Crippen LogP contribution in [0.2, 0.25) is 0 Å². The van der Waals surface area contributed by atoms with E-state index in [0.29, 0.717) is 17.5 Å². The number of H-pyrrole nitrogens is 1. The van der Waals surface area contributed by atoms with Gasteiger partial charge in [-0.05, 0) is 19.1 Å². The summed E-state index contributed by atoms with van der Waals surface area (Å²) in [4.78, 5) is 34.9. The predicted octanol–water partition coefficient (Wildman–Crippen LogP) is 3.02. The summed E-state index contributed by atoms with van der Waals surface area (Å²) in [6.07, 6.45) is 7.87. The molecule has 0 spiro atoms. The number of halogens is 2. The molecule has 6 nitrogen and oxygen atoms in total. The van der Waals surface area contributed by atoms with Gasteiger partial charge < -0.3 is 10.3 Å². The number of nitrogens with one attached hydrogen (secondary N) is 2. The molecule has 0 saturated carbocycles. The number of rotatable bonds is 4. The zero-order chi connectivity index (χ0) is 21.6. The molecule has 2 N–H and O–H groups in total. The Bertz CT molecular complexity index is 1120. The van der Waals surface area contributed by atoms with Crippen LogP contribution in [-0.2, 0) is 11.2 Å². The highest BCUT2D eigenvalue weighted by Crippen LogP contribution is 2.17. The van der Waals surface area contributed by atoms with Gasteiger partial charge in [0.15, 0.2) is 0 Å². The minimum atomic E-state index is -0.821. The second-order valence-corrected chi connectivity index (χ2v) is 5.91. The third-order valence-electron chi connectivity index (χ3n) is 3.91. The van der Waals surface area contributed by atoms with Crippen LogP contribution in [0.15, 0.2) is 35.4 Å². The lowest BCUT2D eigenvalue weighted by atomic mass is 10.1.